The molecule has 0 radical (unpaired) electrons. The van der Waals surface area contributed by atoms with Crippen LogP contribution in [0, 0.1) is 0 Å². The van der Waals surface area contributed by atoms with E-state index in [-0.39, 0.29) is 13.0 Å². The second-order valence-corrected chi connectivity index (χ2v) is 6.34. The molecule has 0 spiro atoms. The monoisotopic (exact) mass is 320 g/mol. The van der Waals surface area contributed by atoms with Gasteiger partial charge in [0, 0.05) is 20.6 Å². The van der Waals surface area contributed by atoms with Crippen molar-refractivity contribution in [2.45, 2.75) is 17.5 Å². The third-order valence-corrected chi connectivity index (χ3v) is 4.76. The van der Waals surface area contributed by atoms with Gasteiger partial charge in [-0.1, -0.05) is 6.07 Å². The summed E-state index contributed by atoms with van der Waals surface area (Å²) in [4.78, 5) is 14.2. The standard InChI is InChI=1S/C13H15F3N2O2S/c1-17(12(19)13(14,15)16)6-5-9-3-4-10-11(7-9)21(20)8-18(10)2/h3-4,7H,5-6,8H2,1-2H3. The van der Waals surface area contributed by atoms with Gasteiger partial charge in [0.05, 0.1) is 27.3 Å². The maximum Gasteiger partial charge on any atom is 0.471 e. The number of amides is 1. The molecule has 1 aliphatic heterocycles. The van der Waals surface area contributed by atoms with E-state index in [2.05, 4.69) is 0 Å². The number of carbonyl (C=O) groups is 1. The molecule has 0 N–H and O–H groups in total. The zero-order valence-electron chi connectivity index (χ0n) is 11.6. The van der Waals surface area contributed by atoms with Crippen LogP contribution in [0.4, 0.5) is 18.9 Å². The molecule has 0 saturated heterocycles. The normalized spacial score (nSPS) is 17.8. The molecular weight excluding hydrogens is 305 g/mol. The molecule has 1 aromatic carbocycles. The van der Waals surface area contributed by atoms with E-state index in [9.17, 15) is 22.2 Å². The Hall–Kier alpha value is -1.57. The van der Waals surface area contributed by atoms with E-state index in [1.54, 1.807) is 18.2 Å². The topological polar surface area (TPSA) is 40.6 Å². The van der Waals surface area contributed by atoms with E-state index in [1.165, 1.54) is 0 Å². The van der Waals surface area contributed by atoms with Gasteiger partial charge in [-0.15, -0.1) is 0 Å². The van der Waals surface area contributed by atoms with Crippen LogP contribution in [-0.2, 0) is 22.0 Å². The molecule has 21 heavy (non-hydrogen) atoms. The lowest BCUT2D eigenvalue weighted by molar-refractivity contribution is -0.184. The second kappa shape index (κ2) is 5.67. The van der Waals surface area contributed by atoms with Gasteiger partial charge in [0.2, 0.25) is 0 Å². The molecule has 2 rings (SSSR count). The van der Waals surface area contributed by atoms with Gasteiger partial charge in [-0.3, -0.25) is 9.00 Å². The molecule has 1 aliphatic rings. The van der Waals surface area contributed by atoms with Crippen molar-refractivity contribution in [2.75, 3.05) is 31.4 Å². The van der Waals surface area contributed by atoms with Crippen LogP contribution in [0.3, 0.4) is 0 Å². The Bertz CT molecular complexity index is 589. The van der Waals surface area contributed by atoms with Crippen LogP contribution in [0.2, 0.25) is 0 Å². The van der Waals surface area contributed by atoms with E-state index in [1.807, 2.05) is 11.9 Å². The molecule has 0 aromatic heterocycles. The van der Waals surface area contributed by atoms with Gasteiger partial charge in [0.15, 0.2) is 0 Å². The molecule has 1 atom stereocenters. The van der Waals surface area contributed by atoms with Gasteiger partial charge in [-0.2, -0.15) is 13.2 Å². The quantitative estimate of drug-likeness (QED) is 0.852. The van der Waals surface area contributed by atoms with Gasteiger partial charge < -0.3 is 9.80 Å². The smallest absolute Gasteiger partial charge is 0.361 e. The molecular formula is C13H15F3N2O2S. The highest BCUT2D eigenvalue weighted by atomic mass is 32.2. The summed E-state index contributed by atoms with van der Waals surface area (Å²) in [6.07, 6.45) is -4.57. The molecule has 116 valence electrons. The van der Waals surface area contributed by atoms with E-state index in [4.69, 9.17) is 0 Å². The summed E-state index contributed by atoms with van der Waals surface area (Å²) >= 11 is 0. The molecule has 0 fully saturated rings. The number of hydrogen-bond donors (Lipinski definition) is 0. The molecule has 0 saturated carbocycles. The Kier molecular flexibility index (Phi) is 4.27. The SMILES string of the molecule is CN(CCc1ccc2c(c1)S(=O)CN2C)C(=O)C(F)(F)F. The molecule has 1 amide bonds. The van der Waals surface area contributed by atoms with E-state index in [0.717, 1.165) is 18.3 Å². The highest BCUT2D eigenvalue weighted by Crippen LogP contribution is 2.31. The maximum absolute atomic E-state index is 12.3. The van der Waals surface area contributed by atoms with Crippen LogP contribution in [0.5, 0.6) is 0 Å². The van der Waals surface area contributed by atoms with E-state index >= 15 is 0 Å². The van der Waals surface area contributed by atoms with Crippen molar-refractivity contribution in [3.05, 3.63) is 23.8 Å². The molecule has 1 heterocycles. The number of alkyl halides is 3. The van der Waals surface area contributed by atoms with Crippen LogP contribution in [-0.4, -0.2) is 47.7 Å². The fourth-order valence-electron chi connectivity index (χ4n) is 2.14. The van der Waals surface area contributed by atoms with E-state index in [0.29, 0.717) is 15.7 Å². The minimum atomic E-state index is -4.85. The van der Waals surface area contributed by atoms with Crippen molar-refractivity contribution in [2.24, 2.45) is 0 Å². The van der Waals surface area contributed by atoms with Crippen molar-refractivity contribution < 1.29 is 22.2 Å². The molecule has 1 aromatic rings. The van der Waals surface area contributed by atoms with E-state index < -0.39 is 22.9 Å². The van der Waals surface area contributed by atoms with Crippen LogP contribution < -0.4 is 4.90 Å². The number of nitrogens with zero attached hydrogens (tertiary/aromatic N) is 2. The van der Waals surface area contributed by atoms with Gasteiger partial charge in [-0.05, 0) is 24.1 Å². The Morgan fingerprint density at radius 3 is 2.71 bits per heavy atom. The van der Waals surface area contributed by atoms with Crippen LogP contribution in [0.25, 0.3) is 0 Å². The fourth-order valence-corrected chi connectivity index (χ4v) is 3.51. The lowest BCUT2D eigenvalue weighted by atomic mass is 10.1. The summed E-state index contributed by atoms with van der Waals surface area (Å²) in [7, 11) is 1.84. The zero-order valence-corrected chi connectivity index (χ0v) is 12.4. The van der Waals surface area contributed by atoms with Gasteiger partial charge >= 0.3 is 12.1 Å². The molecule has 1 unspecified atom stereocenters. The largest absolute Gasteiger partial charge is 0.471 e. The Balaban J connectivity index is 2.04. The number of carbonyl (C=O) groups excluding carboxylic acids is 1. The average molecular weight is 320 g/mol. The van der Waals surface area contributed by atoms with Crippen LogP contribution in [0.1, 0.15) is 5.56 Å². The predicted octanol–water partition coefficient (Wildman–Crippen LogP) is 1.76. The van der Waals surface area contributed by atoms with Crippen LogP contribution >= 0.6 is 0 Å². The lowest BCUT2D eigenvalue weighted by Gasteiger charge is -2.18. The number of fused-ring (bicyclic) bond motifs is 1. The molecule has 0 aliphatic carbocycles. The Morgan fingerprint density at radius 1 is 1.43 bits per heavy atom. The molecule has 4 nitrogen and oxygen atoms in total. The first-order valence-electron chi connectivity index (χ1n) is 6.25. The fraction of sp³-hybridized carbons (Fsp3) is 0.462. The Morgan fingerprint density at radius 2 is 2.10 bits per heavy atom. The number of hydrogen-bond acceptors (Lipinski definition) is 3. The zero-order chi connectivity index (χ0) is 15.8. The molecule has 8 heteroatoms. The summed E-state index contributed by atoms with van der Waals surface area (Å²) in [6.45, 7) is -0.0421. The summed E-state index contributed by atoms with van der Waals surface area (Å²) in [6, 6.07) is 5.33. The van der Waals surface area contributed by atoms with Crippen molar-refractivity contribution in [3.63, 3.8) is 0 Å². The van der Waals surface area contributed by atoms with Crippen molar-refractivity contribution in [3.8, 4) is 0 Å². The number of likely N-dealkylation sites (N-methyl/N-ethyl adjacent to an activating group) is 1. The second-order valence-electron chi connectivity index (χ2n) is 4.95. The predicted molar refractivity (Wildman–Crippen MR) is 73.5 cm³/mol. The number of rotatable bonds is 3. The third kappa shape index (κ3) is 3.37. The first-order chi connectivity index (χ1) is 9.70. The Labute approximate surface area is 123 Å². The van der Waals surface area contributed by atoms with Gasteiger partial charge in [-0.25, -0.2) is 0 Å². The minimum Gasteiger partial charge on any atom is -0.361 e. The highest BCUT2D eigenvalue weighted by molar-refractivity contribution is 7.85. The van der Waals surface area contributed by atoms with Crippen molar-refractivity contribution >= 4 is 22.4 Å². The molecule has 0 bridgehead atoms. The van der Waals surface area contributed by atoms with Crippen molar-refractivity contribution in [1.82, 2.24) is 4.90 Å². The first kappa shape index (κ1) is 15.8. The van der Waals surface area contributed by atoms with Crippen LogP contribution in [0.15, 0.2) is 23.1 Å². The number of benzene rings is 1. The third-order valence-electron chi connectivity index (χ3n) is 3.32. The summed E-state index contributed by atoms with van der Waals surface area (Å²) in [5.74, 6) is -1.43. The minimum absolute atomic E-state index is 0.0421. The summed E-state index contributed by atoms with van der Waals surface area (Å²) in [5.41, 5.74) is 1.64. The highest BCUT2D eigenvalue weighted by Gasteiger charge is 2.40. The number of anilines is 1. The average Bonchev–Trinajstić information content (AvgIpc) is 2.69. The summed E-state index contributed by atoms with van der Waals surface area (Å²) in [5, 5.41) is 0. The maximum atomic E-state index is 12.3. The van der Waals surface area contributed by atoms with Gasteiger partial charge in [0.1, 0.15) is 0 Å². The number of halogens is 3. The van der Waals surface area contributed by atoms with Gasteiger partial charge in [0.25, 0.3) is 0 Å². The van der Waals surface area contributed by atoms with Crippen molar-refractivity contribution in [1.29, 1.82) is 0 Å². The lowest BCUT2D eigenvalue weighted by Crippen LogP contribution is -2.39. The first-order valence-corrected chi connectivity index (χ1v) is 7.57. The summed E-state index contributed by atoms with van der Waals surface area (Å²) < 4.78 is 48.6.